The van der Waals surface area contributed by atoms with E-state index in [0.717, 1.165) is 4.05 Å². The average Bonchev–Trinajstić information content (AvgIpc) is 2.06. The molecule has 1 heterocycles. The Kier molecular flexibility index (Phi) is 4.98. The first-order valence-corrected chi connectivity index (χ1v) is 7.25. The highest BCUT2D eigenvalue weighted by molar-refractivity contribution is 14.1. The molecule has 0 spiro atoms. The summed E-state index contributed by atoms with van der Waals surface area (Å²) in [5.41, 5.74) is 0. The predicted octanol–water partition coefficient (Wildman–Crippen LogP) is 0.609. The third kappa shape index (κ3) is 2.93. The maximum atomic E-state index is 5.53. The van der Waals surface area contributed by atoms with Crippen LogP contribution < -0.4 is 0 Å². The zero-order valence-electron chi connectivity index (χ0n) is 7.05. The van der Waals surface area contributed by atoms with Gasteiger partial charge in [0.1, 0.15) is 0 Å². The SMILES string of the molecule is CO[Si]1(CI)OCCOCCO1. The van der Waals surface area contributed by atoms with Gasteiger partial charge in [0.25, 0.3) is 0 Å². The molecule has 1 aliphatic heterocycles. The lowest BCUT2D eigenvalue weighted by atomic mass is 10.7. The van der Waals surface area contributed by atoms with E-state index in [0.29, 0.717) is 26.4 Å². The molecular weight excluding hydrogens is 291 g/mol. The molecule has 0 aromatic heterocycles. The van der Waals surface area contributed by atoms with Crippen LogP contribution in [0.1, 0.15) is 0 Å². The molecule has 4 nitrogen and oxygen atoms in total. The van der Waals surface area contributed by atoms with Crippen LogP contribution in [0, 0.1) is 0 Å². The largest absolute Gasteiger partial charge is 0.511 e. The minimum absolute atomic E-state index is 0.572. The Morgan fingerprint density at radius 3 is 2.25 bits per heavy atom. The Balaban J connectivity index is 2.45. The minimum Gasteiger partial charge on any atom is -0.377 e. The molecule has 1 saturated heterocycles. The molecule has 1 rings (SSSR count). The molecule has 12 heavy (non-hydrogen) atoms. The molecule has 0 unspecified atom stereocenters. The fraction of sp³-hybridized carbons (Fsp3) is 1.00. The molecule has 0 N–H and O–H groups in total. The second-order valence-corrected chi connectivity index (χ2v) is 7.24. The molecule has 1 aliphatic rings. The quantitative estimate of drug-likeness (QED) is 0.425. The lowest BCUT2D eigenvalue weighted by molar-refractivity contribution is -0.00600. The van der Waals surface area contributed by atoms with Crippen LogP contribution in [0.25, 0.3) is 0 Å². The molecule has 0 aromatic rings. The smallest absolute Gasteiger partial charge is 0.377 e. The first kappa shape index (κ1) is 10.9. The molecule has 0 aromatic carbocycles. The summed E-state index contributed by atoms with van der Waals surface area (Å²) in [4.78, 5) is 0. The van der Waals surface area contributed by atoms with Gasteiger partial charge in [-0.1, -0.05) is 22.6 Å². The van der Waals surface area contributed by atoms with Gasteiger partial charge in [0, 0.05) is 7.11 Å². The van der Waals surface area contributed by atoms with Crippen molar-refractivity contribution in [2.45, 2.75) is 0 Å². The van der Waals surface area contributed by atoms with Crippen LogP contribution in [0.5, 0.6) is 0 Å². The van der Waals surface area contributed by atoms with E-state index in [9.17, 15) is 0 Å². The number of halogens is 1. The molecule has 0 saturated carbocycles. The van der Waals surface area contributed by atoms with E-state index >= 15 is 0 Å². The Labute approximate surface area is 87.0 Å². The van der Waals surface area contributed by atoms with Crippen molar-refractivity contribution >= 4 is 31.4 Å². The van der Waals surface area contributed by atoms with Crippen molar-refractivity contribution in [2.75, 3.05) is 37.6 Å². The van der Waals surface area contributed by atoms with E-state index in [4.69, 9.17) is 18.0 Å². The maximum Gasteiger partial charge on any atom is 0.511 e. The van der Waals surface area contributed by atoms with E-state index in [1.165, 1.54) is 0 Å². The molecule has 6 heteroatoms. The second-order valence-electron chi connectivity index (χ2n) is 2.33. The zero-order valence-corrected chi connectivity index (χ0v) is 10.2. The maximum absolute atomic E-state index is 5.53. The van der Waals surface area contributed by atoms with Crippen molar-refractivity contribution in [3.05, 3.63) is 0 Å². The first-order valence-electron chi connectivity index (χ1n) is 3.80. The fourth-order valence-electron chi connectivity index (χ4n) is 0.905. The minimum atomic E-state index is -2.31. The van der Waals surface area contributed by atoms with Crippen molar-refractivity contribution in [3.8, 4) is 0 Å². The van der Waals surface area contributed by atoms with Gasteiger partial charge in [0.15, 0.2) is 0 Å². The summed E-state index contributed by atoms with van der Waals surface area (Å²) in [5.74, 6) is 0. The summed E-state index contributed by atoms with van der Waals surface area (Å²) in [6.45, 7) is 2.42. The molecule has 0 bridgehead atoms. The van der Waals surface area contributed by atoms with E-state index in [-0.39, 0.29) is 0 Å². The van der Waals surface area contributed by atoms with Crippen LogP contribution in [0.2, 0.25) is 0 Å². The van der Waals surface area contributed by atoms with Crippen LogP contribution in [0.4, 0.5) is 0 Å². The molecule has 72 valence electrons. The predicted molar refractivity (Wildman–Crippen MR) is 54.4 cm³/mol. The molecule has 0 aliphatic carbocycles. The molecule has 0 atom stereocenters. The van der Waals surface area contributed by atoms with Crippen LogP contribution in [0.3, 0.4) is 0 Å². The summed E-state index contributed by atoms with van der Waals surface area (Å²) in [7, 11) is -0.660. The summed E-state index contributed by atoms with van der Waals surface area (Å²) in [6, 6.07) is 0. The van der Waals surface area contributed by atoms with Gasteiger partial charge < -0.3 is 18.0 Å². The first-order chi connectivity index (χ1) is 5.83. The Morgan fingerprint density at radius 1 is 1.25 bits per heavy atom. The molecule has 0 radical (unpaired) electrons. The van der Waals surface area contributed by atoms with E-state index in [2.05, 4.69) is 22.6 Å². The summed E-state index contributed by atoms with van der Waals surface area (Å²) >= 11 is 2.24. The standard InChI is InChI=1S/C6H13IO4Si/c1-8-12(6-7)10-4-2-9-3-5-11-12/h2-6H2,1H3. The van der Waals surface area contributed by atoms with Crippen LogP contribution in [-0.2, 0) is 18.0 Å². The highest BCUT2D eigenvalue weighted by atomic mass is 127. The van der Waals surface area contributed by atoms with Crippen molar-refractivity contribution < 1.29 is 18.0 Å². The van der Waals surface area contributed by atoms with Crippen molar-refractivity contribution in [1.82, 2.24) is 0 Å². The van der Waals surface area contributed by atoms with Crippen molar-refractivity contribution in [1.29, 1.82) is 0 Å². The Hall–Kier alpha value is 0.787. The number of alkyl halides is 1. The van der Waals surface area contributed by atoms with E-state index in [1.807, 2.05) is 0 Å². The number of ether oxygens (including phenoxy) is 1. The van der Waals surface area contributed by atoms with Crippen LogP contribution in [-0.4, -0.2) is 46.4 Å². The monoisotopic (exact) mass is 304 g/mol. The van der Waals surface area contributed by atoms with Gasteiger partial charge in [-0.25, -0.2) is 0 Å². The highest BCUT2D eigenvalue weighted by Gasteiger charge is 2.39. The summed E-state index contributed by atoms with van der Waals surface area (Å²) in [6.07, 6.45) is 0. The van der Waals surface area contributed by atoms with Gasteiger partial charge in [-0.3, -0.25) is 0 Å². The molecule has 0 amide bonds. The Morgan fingerprint density at radius 2 is 1.83 bits per heavy atom. The normalized spacial score (nSPS) is 24.5. The zero-order chi connectivity index (χ0) is 8.86. The average molecular weight is 304 g/mol. The van der Waals surface area contributed by atoms with Gasteiger partial charge in [-0.05, 0) is 0 Å². The third-order valence-electron chi connectivity index (χ3n) is 1.57. The van der Waals surface area contributed by atoms with Crippen molar-refractivity contribution in [3.63, 3.8) is 0 Å². The highest BCUT2D eigenvalue weighted by Crippen LogP contribution is 2.13. The van der Waals surface area contributed by atoms with Gasteiger partial charge >= 0.3 is 8.80 Å². The van der Waals surface area contributed by atoms with Crippen molar-refractivity contribution in [2.24, 2.45) is 0 Å². The van der Waals surface area contributed by atoms with E-state index in [1.54, 1.807) is 7.11 Å². The number of rotatable bonds is 2. The fourth-order valence-corrected chi connectivity index (χ4v) is 4.53. The number of hydrogen-bond donors (Lipinski definition) is 0. The number of hydrogen-bond acceptors (Lipinski definition) is 4. The topological polar surface area (TPSA) is 36.9 Å². The lowest BCUT2D eigenvalue weighted by Gasteiger charge is -2.28. The van der Waals surface area contributed by atoms with Gasteiger partial charge in [-0.15, -0.1) is 0 Å². The molecular formula is C6H13IO4Si. The van der Waals surface area contributed by atoms with Gasteiger partial charge in [0.05, 0.1) is 30.5 Å². The Bertz CT molecular complexity index is 121. The van der Waals surface area contributed by atoms with Gasteiger partial charge in [-0.2, -0.15) is 0 Å². The van der Waals surface area contributed by atoms with Crippen LogP contribution in [0.15, 0.2) is 0 Å². The van der Waals surface area contributed by atoms with E-state index < -0.39 is 8.80 Å². The second kappa shape index (κ2) is 5.50. The molecule has 1 fully saturated rings. The van der Waals surface area contributed by atoms with Crippen LogP contribution >= 0.6 is 22.6 Å². The lowest BCUT2D eigenvalue weighted by Crippen LogP contribution is -2.49. The third-order valence-corrected chi connectivity index (χ3v) is 6.61. The summed E-state index contributed by atoms with van der Waals surface area (Å²) < 4.78 is 22.3. The summed E-state index contributed by atoms with van der Waals surface area (Å²) in [5, 5.41) is 0. The van der Waals surface area contributed by atoms with Gasteiger partial charge in [0.2, 0.25) is 0 Å².